The number of hydrogen-bond acceptors (Lipinski definition) is 1. The lowest BCUT2D eigenvalue weighted by atomic mass is 10.5. The molecule has 0 saturated heterocycles. The molecule has 0 aliphatic carbocycles. The minimum absolute atomic E-state index is 0.802. The summed E-state index contributed by atoms with van der Waals surface area (Å²) in [4.78, 5) is 0. The molecule has 1 aromatic rings. The van der Waals surface area contributed by atoms with Crippen molar-refractivity contribution in [1.29, 1.82) is 0 Å². The molecule has 0 radical (unpaired) electrons. The van der Waals surface area contributed by atoms with E-state index in [4.69, 9.17) is 4.74 Å². The Morgan fingerprint density at radius 2 is 2.23 bits per heavy atom. The molecular weight excluding hydrogens is 164 g/mol. The fraction of sp³-hybridized carbons (Fsp3) is 0.700. The number of imidazole rings is 1. The van der Waals surface area contributed by atoms with E-state index in [1.165, 1.54) is 6.42 Å². The van der Waals surface area contributed by atoms with Gasteiger partial charge in [0.25, 0.3) is 0 Å². The van der Waals surface area contributed by atoms with Crippen LogP contribution >= 0.6 is 0 Å². The highest BCUT2D eigenvalue weighted by Crippen LogP contribution is 1.86. The zero-order chi connectivity index (χ0) is 9.52. The highest BCUT2D eigenvalue weighted by atomic mass is 16.5. The molecular formula is C10H19N2O+. The van der Waals surface area contributed by atoms with Crippen molar-refractivity contribution >= 4 is 0 Å². The molecule has 0 atom stereocenters. The van der Waals surface area contributed by atoms with Crippen LogP contribution in [-0.4, -0.2) is 17.8 Å². The number of nitrogens with zero attached hydrogens (tertiary/aromatic N) is 2. The van der Waals surface area contributed by atoms with Crippen LogP contribution in [0.4, 0.5) is 0 Å². The molecule has 3 heteroatoms. The average molecular weight is 183 g/mol. The monoisotopic (exact) mass is 183 g/mol. The first kappa shape index (κ1) is 10.3. The lowest BCUT2D eigenvalue weighted by Crippen LogP contribution is -2.30. The zero-order valence-corrected chi connectivity index (χ0v) is 8.57. The predicted octanol–water partition coefficient (Wildman–Crippen LogP) is 1.22. The van der Waals surface area contributed by atoms with Gasteiger partial charge in [0.2, 0.25) is 6.33 Å². The third kappa shape index (κ3) is 3.59. The summed E-state index contributed by atoms with van der Waals surface area (Å²) < 4.78 is 9.63. The number of hydrogen-bond donors (Lipinski definition) is 0. The van der Waals surface area contributed by atoms with Gasteiger partial charge in [-0.2, -0.15) is 0 Å². The van der Waals surface area contributed by atoms with E-state index in [9.17, 15) is 0 Å². The standard InChI is InChI=1S/C10H19N2O/c1-3-5-11-6-7-12(10-11)8-9-13-4-2/h6-7,10H,3-5,8-9H2,1-2H3/q+1. The van der Waals surface area contributed by atoms with E-state index in [1.807, 2.05) is 6.92 Å². The SMILES string of the molecule is CCC[n+]1ccn(CCOCC)c1. The minimum Gasteiger partial charge on any atom is -0.378 e. The van der Waals surface area contributed by atoms with Crippen LogP contribution < -0.4 is 4.57 Å². The van der Waals surface area contributed by atoms with Crippen LogP contribution in [0.5, 0.6) is 0 Å². The van der Waals surface area contributed by atoms with Gasteiger partial charge in [0.1, 0.15) is 18.9 Å². The molecule has 0 fully saturated rings. The van der Waals surface area contributed by atoms with E-state index >= 15 is 0 Å². The summed E-state index contributed by atoms with van der Waals surface area (Å²) >= 11 is 0. The average Bonchev–Trinajstić information content (AvgIpc) is 2.54. The van der Waals surface area contributed by atoms with E-state index in [2.05, 4.69) is 34.8 Å². The maximum Gasteiger partial charge on any atom is 0.243 e. The van der Waals surface area contributed by atoms with Gasteiger partial charge in [0.15, 0.2) is 0 Å². The summed E-state index contributed by atoms with van der Waals surface area (Å²) in [6.07, 6.45) is 7.51. The van der Waals surface area contributed by atoms with Crippen LogP contribution in [0.2, 0.25) is 0 Å². The second-order valence-electron chi connectivity index (χ2n) is 3.09. The van der Waals surface area contributed by atoms with Crippen LogP contribution in [-0.2, 0) is 17.8 Å². The van der Waals surface area contributed by atoms with Gasteiger partial charge in [0, 0.05) is 6.61 Å². The normalized spacial score (nSPS) is 10.6. The maximum atomic E-state index is 5.28. The van der Waals surface area contributed by atoms with Crippen molar-refractivity contribution in [1.82, 2.24) is 4.57 Å². The van der Waals surface area contributed by atoms with E-state index in [0.717, 1.165) is 26.3 Å². The number of aromatic nitrogens is 2. The molecule has 3 nitrogen and oxygen atoms in total. The van der Waals surface area contributed by atoms with Crippen LogP contribution in [0.25, 0.3) is 0 Å². The number of aryl methyl sites for hydroxylation is 1. The lowest BCUT2D eigenvalue weighted by Gasteiger charge is -1.96. The molecule has 0 saturated carbocycles. The summed E-state index contributed by atoms with van der Waals surface area (Å²) in [7, 11) is 0. The zero-order valence-electron chi connectivity index (χ0n) is 8.57. The minimum atomic E-state index is 0.802. The van der Waals surface area contributed by atoms with Gasteiger partial charge in [0.05, 0.1) is 13.2 Å². The summed E-state index contributed by atoms with van der Waals surface area (Å²) in [5.41, 5.74) is 0. The summed E-state index contributed by atoms with van der Waals surface area (Å²) in [5.74, 6) is 0. The summed E-state index contributed by atoms with van der Waals surface area (Å²) in [6.45, 7) is 7.86. The molecule has 1 heterocycles. The Balaban J connectivity index is 2.31. The van der Waals surface area contributed by atoms with Gasteiger partial charge < -0.3 is 4.74 Å². The summed E-state index contributed by atoms with van der Waals surface area (Å²) in [6, 6.07) is 0. The molecule has 74 valence electrons. The second-order valence-corrected chi connectivity index (χ2v) is 3.09. The fourth-order valence-electron chi connectivity index (χ4n) is 1.28. The molecule has 0 aliphatic rings. The van der Waals surface area contributed by atoms with Crippen molar-refractivity contribution in [2.45, 2.75) is 33.4 Å². The van der Waals surface area contributed by atoms with Gasteiger partial charge in [-0.1, -0.05) is 6.92 Å². The van der Waals surface area contributed by atoms with Crippen LogP contribution in [0, 0.1) is 0 Å². The largest absolute Gasteiger partial charge is 0.378 e. The molecule has 0 unspecified atom stereocenters. The molecule has 0 amide bonds. The Morgan fingerprint density at radius 1 is 1.38 bits per heavy atom. The Kier molecular flexibility index (Phi) is 4.54. The summed E-state index contributed by atoms with van der Waals surface area (Å²) in [5, 5.41) is 0. The lowest BCUT2D eigenvalue weighted by molar-refractivity contribution is -0.696. The van der Waals surface area contributed by atoms with Gasteiger partial charge in [-0.05, 0) is 13.3 Å². The van der Waals surface area contributed by atoms with Crippen LogP contribution in [0.3, 0.4) is 0 Å². The van der Waals surface area contributed by atoms with E-state index in [-0.39, 0.29) is 0 Å². The van der Waals surface area contributed by atoms with Crippen LogP contribution in [0.1, 0.15) is 20.3 Å². The Hall–Kier alpha value is -0.830. The highest BCUT2D eigenvalue weighted by molar-refractivity contribution is 4.65. The molecule has 0 spiro atoms. The molecule has 0 aromatic carbocycles. The number of ether oxygens (including phenoxy) is 1. The first-order chi connectivity index (χ1) is 6.36. The molecule has 1 rings (SSSR count). The second kappa shape index (κ2) is 5.75. The van der Waals surface area contributed by atoms with Crippen molar-refractivity contribution in [3.63, 3.8) is 0 Å². The van der Waals surface area contributed by atoms with Crippen molar-refractivity contribution < 1.29 is 9.30 Å². The Bertz CT molecular complexity index is 233. The Morgan fingerprint density at radius 3 is 2.92 bits per heavy atom. The topological polar surface area (TPSA) is 18.0 Å². The van der Waals surface area contributed by atoms with Crippen molar-refractivity contribution in [3.05, 3.63) is 18.7 Å². The highest BCUT2D eigenvalue weighted by Gasteiger charge is 2.01. The predicted molar refractivity (Wildman–Crippen MR) is 51.4 cm³/mol. The fourth-order valence-corrected chi connectivity index (χ4v) is 1.28. The van der Waals surface area contributed by atoms with Crippen molar-refractivity contribution in [3.8, 4) is 0 Å². The van der Waals surface area contributed by atoms with Gasteiger partial charge in [-0.25, -0.2) is 9.13 Å². The number of rotatable bonds is 6. The molecule has 0 bridgehead atoms. The van der Waals surface area contributed by atoms with E-state index in [1.54, 1.807) is 0 Å². The maximum absolute atomic E-state index is 5.28. The van der Waals surface area contributed by atoms with Gasteiger partial charge >= 0.3 is 0 Å². The van der Waals surface area contributed by atoms with Crippen molar-refractivity contribution in [2.75, 3.05) is 13.2 Å². The van der Waals surface area contributed by atoms with Gasteiger partial charge in [-0.3, -0.25) is 0 Å². The first-order valence-electron chi connectivity index (χ1n) is 4.99. The van der Waals surface area contributed by atoms with E-state index in [0.29, 0.717) is 0 Å². The van der Waals surface area contributed by atoms with Crippen LogP contribution in [0.15, 0.2) is 18.7 Å². The third-order valence-corrected chi connectivity index (χ3v) is 1.93. The molecule has 0 aliphatic heterocycles. The van der Waals surface area contributed by atoms with Gasteiger partial charge in [-0.15, -0.1) is 0 Å². The molecule has 13 heavy (non-hydrogen) atoms. The van der Waals surface area contributed by atoms with E-state index < -0.39 is 0 Å². The molecule has 1 aromatic heterocycles. The quantitative estimate of drug-likeness (QED) is 0.479. The first-order valence-corrected chi connectivity index (χ1v) is 4.99. The third-order valence-electron chi connectivity index (χ3n) is 1.93. The smallest absolute Gasteiger partial charge is 0.243 e. The Labute approximate surface area is 79.9 Å². The van der Waals surface area contributed by atoms with Crippen molar-refractivity contribution in [2.24, 2.45) is 0 Å². The molecule has 0 N–H and O–H groups in total.